The van der Waals surface area contributed by atoms with Crippen LogP contribution in [-0.4, -0.2) is 23.6 Å². The number of benzene rings is 2. The van der Waals surface area contributed by atoms with Crippen LogP contribution in [0.3, 0.4) is 0 Å². The molecule has 0 fully saturated rings. The maximum atomic E-state index is 12.8. The van der Waals surface area contributed by atoms with Crippen molar-refractivity contribution in [1.29, 1.82) is 0 Å². The largest absolute Gasteiger partial charge is 0.341 e. The van der Waals surface area contributed by atoms with Gasteiger partial charge in [0.05, 0.1) is 0 Å². The summed E-state index contributed by atoms with van der Waals surface area (Å²) in [6.07, 6.45) is 0.220. The molecule has 0 bridgehead atoms. The Labute approximate surface area is 139 Å². The van der Waals surface area contributed by atoms with Crippen LogP contribution in [0.1, 0.15) is 28.8 Å². The molecule has 5 heteroatoms. The minimum Gasteiger partial charge on any atom is -0.341 e. The standard InChI is InChI=1S/C18H17ClFNO2/c1-21(12-13-3-2-4-15(19)11-13)18(23)10-9-17(22)14-5-7-16(20)8-6-14/h2-8,11H,9-10,12H2,1H3. The van der Waals surface area contributed by atoms with E-state index in [9.17, 15) is 14.0 Å². The van der Waals surface area contributed by atoms with Crippen molar-refractivity contribution in [3.63, 3.8) is 0 Å². The molecule has 0 saturated heterocycles. The van der Waals surface area contributed by atoms with Crippen LogP contribution >= 0.6 is 11.6 Å². The van der Waals surface area contributed by atoms with Gasteiger partial charge >= 0.3 is 0 Å². The molecule has 0 aromatic heterocycles. The van der Waals surface area contributed by atoms with Crippen LogP contribution in [0.4, 0.5) is 4.39 Å². The molecule has 3 nitrogen and oxygen atoms in total. The van der Waals surface area contributed by atoms with Gasteiger partial charge in [-0.25, -0.2) is 4.39 Å². The minimum absolute atomic E-state index is 0.102. The monoisotopic (exact) mass is 333 g/mol. The zero-order valence-corrected chi connectivity index (χ0v) is 13.5. The van der Waals surface area contributed by atoms with E-state index in [1.165, 1.54) is 24.3 Å². The maximum absolute atomic E-state index is 12.8. The van der Waals surface area contributed by atoms with E-state index in [2.05, 4.69) is 0 Å². The number of ketones is 1. The van der Waals surface area contributed by atoms with Gasteiger partial charge in [0.2, 0.25) is 5.91 Å². The Morgan fingerprint density at radius 3 is 2.43 bits per heavy atom. The molecule has 23 heavy (non-hydrogen) atoms. The summed E-state index contributed by atoms with van der Waals surface area (Å²) in [5.41, 5.74) is 1.34. The normalized spacial score (nSPS) is 10.4. The minimum atomic E-state index is -0.390. The fourth-order valence-electron chi connectivity index (χ4n) is 2.19. The fraction of sp³-hybridized carbons (Fsp3) is 0.222. The second-order valence-electron chi connectivity index (χ2n) is 5.31. The van der Waals surface area contributed by atoms with Gasteiger partial charge < -0.3 is 4.90 Å². The quantitative estimate of drug-likeness (QED) is 0.746. The van der Waals surface area contributed by atoms with Gasteiger partial charge in [-0.3, -0.25) is 9.59 Å². The lowest BCUT2D eigenvalue weighted by molar-refractivity contribution is -0.130. The zero-order valence-electron chi connectivity index (χ0n) is 12.8. The lowest BCUT2D eigenvalue weighted by Gasteiger charge is -2.17. The van der Waals surface area contributed by atoms with E-state index in [0.717, 1.165) is 5.56 Å². The van der Waals surface area contributed by atoms with Crippen LogP contribution < -0.4 is 0 Å². The van der Waals surface area contributed by atoms with E-state index < -0.39 is 0 Å². The molecule has 1 amide bonds. The SMILES string of the molecule is CN(Cc1cccc(Cl)c1)C(=O)CCC(=O)c1ccc(F)cc1. The summed E-state index contributed by atoms with van der Waals surface area (Å²) in [5, 5.41) is 0.620. The summed E-state index contributed by atoms with van der Waals surface area (Å²) in [5.74, 6) is -0.686. The third-order valence-corrected chi connectivity index (χ3v) is 3.70. The highest BCUT2D eigenvalue weighted by molar-refractivity contribution is 6.30. The average molecular weight is 334 g/mol. The van der Waals surface area contributed by atoms with Crippen molar-refractivity contribution < 1.29 is 14.0 Å². The molecule has 0 saturated carbocycles. The first-order valence-electron chi connectivity index (χ1n) is 7.23. The average Bonchev–Trinajstić information content (AvgIpc) is 2.53. The van der Waals surface area contributed by atoms with Gasteiger partial charge in [-0.15, -0.1) is 0 Å². The number of hydrogen-bond acceptors (Lipinski definition) is 2. The molecule has 0 aliphatic heterocycles. The number of amides is 1. The molecule has 120 valence electrons. The summed E-state index contributed by atoms with van der Waals surface area (Å²) in [4.78, 5) is 25.6. The van der Waals surface area contributed by atoms with Gasteiger partial charge in [0.25, 0.3) is 0 Å². The Bertz CT molecular complexity index is 700. The summed E-state index contributed by atoms with van der Waals surface area (Å²) in [6.45, 7) is 0.435. The van der Waals surface area contributed by atoms with E-state index in [1.807, 2.05) is 12.1 Å². The third-order valence-electron chi connectivity index (χ3n) is 3.47. The van der Waals surface area contributed by atoms with Crippen molar-refractivity contribution in [2.24, 2.45) is 0 Å². The number of carbonyl (C=O) groups excluding carboxylic acids is 2. The molecule has 2 rings (SSSR count). The second kappa shape index (κ2) is 7.88. The number of halogens is 2. The molecular weight excluding hydrogens is 317 g/mol. The van der Waals surface area contributed by atoms with Crippen molar-refractivity contribution in [1.82, 2.24) is 4.90 Å². The molecule has 0 aliphatic rings. The summed E-state index contributed by atoms with van der Waals surface area (Å²) < 4.78 is 12.8. The smallest absolute Gasteiger partial charge is 0.223 e. The Morgan fingerprint density at radius 1 is 1.09 bits per heavy atom. The van der Waals surface area contributed by atoms with Crippen LogP contribution in [0.2, 0.25) is 5.02 Å². The van der Waals surface area contributed by atoms with E-state index in [0.29, 0.717) is 17.1 Å². The van der Waals surface area contributed by atoms with E-state index >= 15 is 0 Å². The van der Waals surface area contributed by atoms with Crippen LogP contribution in [0.25, 0.3) is 0 Å². The molecule has 0 aliphatic carbocycles. The topological polar surface area (TPSA) is 37.4 Å². The zero-order chi connectivity index (χ0) is 16.8. The first kappa shape index (κ1) is 17.2. The van der Waals surface area contributed by atoms with Gasteiger partial charge in [0.15, 0.2) is 5.78 Å². The Morgan fingerprint density at radius 2 is 1.78 bits per heavy atom. The molecule has 0 spiro atoms. The molecule has 0 atom stereocenters. The molecule has 0 unspecified atom stereocenters. The van der Waals surface area contributed by atoms with Gasteiger partial charge in [0.1, 0.15) is 5.82 Å². The molecule has 0 heterocycles. The number of rotatable bonds is 6. The van der Waals surface area contributed by atoms with Gasteiger partial charge in [0, 0.05) is 37.0 Å². The highest BCUT2D eigenvalue weighted by Crippen LogP contribution is 2.13. The Hall–Kier alpha value is -2.20. The van der Waals surface area contributed by atoms with Crippen LogP contribution in [0.15, 0.2) is 48.5 Å². The number of hydrogen-bond donors (Lipinski definition) is 0. The van der Waals surface area contributed by atoms with Crippen molar-refractivity contribution >= 4 is 23.3 Å². The first-order chi connectivity index (χ1) is 11.0. The second-order valence-corrected chi connectivity index (χ2v) is 5.75. The Balaban J connectivity index is 1.86. The van der Waals surface area contributed by atoms with Gasteiger partial charge in [-0.1, -0.05) is 23.7 Å². The number of carbonyl (C=O) groups is 2. The van der Waals surface area contributed by atoms with Crippen molar-refractivity contribution in [3.8, 4) is 0 Å². The molecular formula is C18H17ClFNO2. The van der Waals surface area contributed by atoms with E-state index in [1.54, 1.807) is 24.1 Å². The number of Topliss-reactive ketones (excluding diaryl/α,β-unsaturated/α-hetero) is 1. The third kappa shape index (κ3) is 5.18. The van der Waals surface area contributed by atoms with Gasteiger partial charge in [-0.05, 0) is 42.0 Å². The molecule has 0 N–H and O–H groups in total. The van der Waals surface area contributed by atoms with E-state index in [-0.39, 0.29) is 30.3 Å². The number of nitrogens with zero attached hydrogens (tertiary/aromatic N) is 1. The fourth-order valence-corrected chi connectivity index (χ4v) is 2.40. The van der Waals surface area contributed by atoms with Gasteiger partial charge in [-0.2, -0.15) is 0 Å². The summed E-state index contributed by atoms with van der Waals surface area (Å²) in [7, 11) is 1.69. The van der Waals surface area contributed by atoms with Crippen LogP contribution in [-0.2, 0) is 11.3 Å². The van der Waals surface area contributed by atoms with Crippen LogP contribution in [0.5, 0.6) is 0 Å². The van der Waals surface area contributed by atoms with Crippen molar-refractivity contribution in [3.05, 3.63) is 70.5 Å². The first-order valence-corrected chi connectivity index (χ1v) is 7.60. The maximum Gasteiger partial charge on any atom is 0.223 e. The predicted octanol–water partition coefficient (Wildman–Crippen LogP) is 4.10. The lowest BCUT2D eigenvalue weighted by atomic mass is 10.1. The highest BCUT2D eigenvalue weighted by atomic mass is 35.5. The highest BCUT2D eigenvalue weighted by Gasteiger charge is 2.13. The van der Waals surface area contributed by atoms with Crippen molar-refractivity contribution in [2.75, 3.05) is 7.05 Å². The van der Waals surface area contributed by atoms with Crippen LogP contribution in [0, 0.1) is 5.82 Å². The summed E-state index contributed by atoms with van der Waals surface area (Å²) in [6, 6.07) is 12.6. The predicted molar refractivity (Wildman–Crippen MR) is 87.9 cm³/mol. The molecule has 0 radical (unpaired) electrons. The molecule has 2 aromatic carbocycles. The van der Waals surface area contributed by atoms with E-state index in [4.69, 9.17) is 11.6 Å². The molecule has 2 aromatic rings. The Kier molecular flexibility index (Phi) is 5.88. The van der Waals surface area contributed by atoms with Crippen molar-refractivity contribution in [2.45, 2.75) is 19.4 Å². The lowest BCUT2D eigenvalue weighted by Crippen LogP contribution is -2.26. The summed E-state index contributed by atoms with van der Waals surface area (Å²) >= 11 is 5.91.